The van der Waals surface area contributed by atoms with Gasteiger partial charge in [-0.15, -0.1) is 0 Å². The normalized spacial score (nSPS) is 20.6. The van der Waals surface area contributed by atoms with E-state index in [4.69, 9.17) is 9.47 Å². The van der Waals surface area contributed by atoms with Gasteiger partial charge in [0.2, 0.25) is 0 Å². The lowest BCUT2D eigenvalue weighted by molar-refractivity contribution is 0.107. The molecule has 3 atom stereocenters. The number of rotatable bonds is 7. The van der Waals surface area contributed by atoms with Crippen molar-refractivity contribution in [2.75, 3.05) is 19.8 Å². The molecule has 2 N–H and O–H groups in total. The second-order valence-electron chi connectivity index (χ2n) is 9.68. The predicted molar refractivity (Wildman–Crippen MR) is 139 cm³/mol. The van der Waals surface area contributed by atoms with Gasteiger partial charge in [-0.2, -0.15) is 0 Å². The van der Waals surface area contributed by atoms with Gasteiger partial charge >= 0.3 is 0 Å². The number of benzene rings is 3. The van der Waals surface area contributed by atoms with Crippen LogP contribution >= 0.6 is 0 Å². The number of fused-ring (bicyclic) bond motifs is 1. The maximum absolute atomic E-state index is 13.7. The number of ether oxygens (including phenoxy) is 2. The van der Waals surface area contributed by atoms with Gasteiger partial charge < -0.3 is 19.7 Å². The number of halogens is 1. The number of allylic oxidation sites excluding steroid dienone is 1. The number of aromatic hydroxyl groups is 2. The third-order valence-corrected chi connectivity index (χ3v) is 7.31. The van der Waals surface area contributed by atoms with Gasteiger partial charge in [-0.1, -0.05) is 24.3 Å². The summed E-state index contributed by atoms with van der Waals surface area (Å²) >= 11 is 0. The van der Waals surface area contributed by atoms with Gasteiger partial charge in [0.15, 0.2) is 0 Å². The lowest BCUT2D eigenvalue weighted by atomic mass is 9.86. The van der Waals surface area contributed by atoms with E-state index in [1.165, 1.54) is 0 Å². The average molecular weight is 490 g/mol. The quantitative estimate of drug-likeness (QED) is 0.404. The molecule has 3 aromatic rings. The Morgan fingerprint density at radius 2 is 1.83 bits per heavy atom. The molecule has 5 nitrogen and oxygen atoms in total. The van der Waals surface area contributed by atoms with Crippen LogP contribution in [0, 0.1) is 0 Å². The molecular formula is C30H32FNO4. The minimum Gasteiger partial charge on any atom is -0.508 e. The van der Waals surface area contributed by atoms with E-state index in [1.807, 2.05) is 37.3 Å². The van der Waals surface area contributed by atoms with E-state index in [-0.39, 0.29) is 17.5 Å². The van der Waals surface area contributed by atoms with Crippen molar-refractivity contribution in [2.24, 2.45) is 0 Å². The first-order valence-electron chi connectivity index (χ1n) is 12.5. The first-order valence-corrected chi connectivity index (χ1v) is 12.5. The lowest BCUT2D eigenvalue weighted by Gasteiger charge is -2.31. The summed E-state index contributed by atoms with van der Waals surface area (Å²) < 4.78 is 26.2. The van der Waals surface area contributed by atoms with Crippen LogP contribution in [0.25, 0.3) is 11.1 Å². The molecule has 36 heavy (non-hydrogen) atoms. The van der Waals surface area contributed by atoms with Crippen LogP contribution in [0.2, 0.25) is 0 Å². The van der Waals surface area contributed by atoms with Crippen molar-refractivity contribution >= 4 is 11.1 Å². The summed E-state index contributed by atoms with van der Waals surface area (Å²) in [5.41, 5.74) is 4.47. The van der Waals surface area contributed by atoms with Crippen LogP contribution in [-0.2, 0) is 0 Å². The summed E-state index contributed by atoms with van der Waals surface area (Å²) in [6.07, 6.45) is 1.79. The number of hydrogen-bond acceptors (Lipinski definition) is 5. The van der Waals surface area contributed by atoms with Gasteiger partial charge in [0.25, 0.3) is 0 Å². The van der Waals surface area contributed by atoms with Gasteiger partial charge in [0.1, 0.15) is 42.4 Å². The second kappa shape index (κ2) is 10.2. The molecule has 2 aliphatic rings. The molecule has 1 fully saturated rings. The minimum absolute atomic E-state index is 0.168. The molecule has 3 aromatic carbocycles. The summed E-state index contributed by atoms with van der Waals surface area (Å²) in [5.74, 6) is 1.71. The van der Waals surface area contributed by atoms with Crippen molar-refractivity contribution in [2.45, 2.75) is 44.9 Å². The highest BCUT2D eigenvalue weighted by Gasteiger charge is 2.30. The maximum Gasteiger partial charge on any atom is 0.150 e. The monoisotopic (exact) mass is 489 g/mol. The first-order chi connectivity index (χ1) is 17.4. The number of nitrogens with zero attached hydrogens (tertiary/aromatic N) is 1. The smallest absolute Gasteiger partial charge is 0.150 e. The van der Waals surface area contributed by atoms with Crippen molar-refractivity contribution in [1.82, 2.24) is 4.90 Å². The van der Waals surface area contributed by atoms with E-state index < -0.39 is 12.8 Å². The number of hydrogen-bond donors (Lipinski definition) is 2. The third kappa shape index (κ3) is 4.78. The van der Waals surface area contributed by atoms with Crippen LogP contribution in [0.5, 0.6) is 23.0 Å². The van der Waals surface area contributed by atoms with Crippen LogP contribution < -0.4 is 9.47 Å². The highest BCUT2D eigenvalue weighted by atomic mass is 19.1. The largest absolute Gasteiger partial charge is 0.508 e. The third-order valence-electron chi connectivity index (χ3n) is 7.31. The Morgan fingerprint density at radius 1 is 1.06 bits per heavy atom. The van der Waals surface area contributed by atoms with Crippen LogP contribution in [0.1, 0.15) is 49.5 Å². The Balaban J connectivity index is 1.41. The molecule has 6 heteroatoms. The highest BCUT2D eigenvalue weighted by Crippen LogP contribution is 2.47. The highest BCUT2D eigenvalue weighted by molar-refractivity contribution is 5.95. The topological polar surface area (TPSA) is 62.2 Å². The van der Waals surface area contributed by atoms with E-state index in [0.29, 0.717) is 24.1 Å². The molecule has 0 saturated carbocycles. The zero-order valence-corrected chi connectivity index (χ0v) is 20.7. The molecule has 188 valence electrons. The Bertz CT molecular complexity index is 1260. The van der Waals surface area contributed by atoms with E-state index in [2.05, 4.69) is 11.8 Å². The van der Waals surface area contributed by atoms with E-state index in [1.54, 1.807) is 36.4 Å². The Kier molecular flexibility index (Phi) is 6.88. The minimum atomic E-state index is -0.426. The van der Waals surface area contributed by atoms with Crippen molar-refractivity contribution < 1.29 is 24.1 Å². The van der Waals surface area contributed by atoms with E-state index in [9.17, 15) is 14.6 Å². The molecule has 0 radical (unpaired) electrons. The molecule has 2 aliphatic heterocycles. The van der Waals surface area contributed by atoms with E-state index >= 15 is 0 Å². The summed E-state index contributed by atoms with van der Waals surface area (Å²) in [7, 11) is 0. The number of alkyl halides is 1. The SMILES string of the molecule is CC1=C(c2cccc(O)c2)C(c2ccc(OCC(CF)N3CCCC3C)cc2)Oc2ccc(O)cc21. The van der Waals surface area contributed by atoms with Crippen LogP contribution in [-0.4, -0.2) is 47.0 Å². The number of phenolic OH excluding ortho intramolecular Hbond substituents is 2. The Morgan fingerprint density at radius 3 is 2.53 bits per heavy atom. The fourth-order valence-electron chi connectivity index (χ4n) is 5.38. The van der Waals surface area contributed by atoms with Crippen LogP contribution in [0.4, 0.5) is 4.39 Å². The maximum atomic E-state index is 13.7. The molecule has 3 unspecified atom stereocenters. The average Bonchev–Trinajstić information content (AvgIpc) is 3.30. The van der Waals surface area contributed by atoms with Gasteiger partial charge in [0.05, 0.1) is 6.04 Å². The summed E-state index contributed by atoms with van der Waals surface area (Å²) in [6.45, 7) is 4.95. The Labute approximate surface area is 211 Å². The lowest BCUT2D eigenvalue weighted by Crippen LogP contribution is -2.43. The van der Waals surface area contributed by atoms with Crippen molar-refractivity contribution in [1.29, 1.82) is 0 Å². The molecule has 0 bridgehead atoms. The fraction of sp³-hybridized carbons (Fsp3) is 0.333. The number of phenols is 2. The first kappa shape index (κ1) is 24.2. The number of likely N-dealkylation sites (tertiary alicyclic amines) is 1. The summed E-state index contributed by atoms with van der Waals surface area (Å²) in [5, 5.41) is 20.2. The standard InChI is InChI=1S/C30H32FNO4/c1-19-5-4-14-32(19)23(17-31)18-35-26-11-8-21(9-12-26)30-29(22-6-3-7-24(33)15-22)20(2)27-16-25(34)10-13-28(27)36-30/h3,6-13,15-16,19,23,30,33-34H,4-5,14,17-18H2,1-2H3. The second-order valence-corrected chi connectivity index (χ2v) is 9.68. The molecule has 5 rings (SSSR count). The van der Waals surface area contributed by atoms with Crippen molar-refractivity contribution in [3.05, 3.63) is 83.4 Å². The molecular weight excluding hydrogens is 457 g/mol. The zero-order valence-electron chi connectivity index (χ0n) is 20.7. The van der Waals surface area contributed by atoms with Gasteiger partial charge in [-0.25, -0.2) is 4.39 Å². The van der Waals surface area contributed by atoms with Crippen LogP contribution in [0.15, 0.2) is 66.7 Å². The molecule has 0 amide bonds. The van der Waals surface area contributed by atoms with Gasteiger partial charge in [-0.3, -0.25) is 4.90 Å². The van der Waals surface area contributed by atoms with Crippen molar-refractivity contribution in [3.63, 3.8) is 0 Å². The molecule has 0 spiro atoms. The predicted octanol–water partition coefficient (Wildman–Crippen LogP) is 6.36. The fourth-order valence-corrected chi connectivity index (χ4v) is 5.38. The zero-order chi connectivity index (χ0) is 25.2. The summed E-state index contributed by atoms with van der Waals surface area (Å²) in [6, 6.07) is 20.0. The van der Waals surface area contributed by atoms with Crippen molar-refractivity contribution in [3.8, 4) is 23.0 Å². The van der Waals surface area contributed by atoms with E-state index in [0.717, 1.165) is 47.2 Å². The van der Waals surface area contributed by atoms with Crippen LogP contribution in [0.3, 0.4) is 0 Å². The van der Waals surface area contributed by atoms with Gasteiger partial charge in [-0.05, 0) is 92.4 Å². The molecule has 2 heterocycles. The van der Waals surface area contributed by atoms with Gasteiger partial charge in [0, 0.05) is 17.2 Å². The Hall–Kier alpha value is -3.51. The summed E-state index contributed by atoms with van der Waals surface area (Å²) in [4.78, 5) is 2.20. The molecule has 0 aliphatic carbocycles. The molecule has 1 saturated heterocycles. The molecule has 0 aromatic heterocycles.